The van der Waals surface area contributed by atoms with Crippen molar-refractivity contribution in [1.29, 1.82) is 0 Å². The van der Waals surface area contributed by atoms with E-state index in [9.17, 15) is 9.18 Å². The maximum atomic E-state index is 13.5. The molecule has 0 radical (unpaired) electrons. The molecule has 2 rings (SSSR count). The van der Waals surface area contributed by atoms with Crippen molar-refractivity contribution in [3.05, 3.63) is 53.6 Å². The van der Waals surface area contributed by atoms with Gasteiger partial charge in [0.05, 0.1) is 0 Å². The van der Waals surface area contributed by atoms with Crippen LogP contribution < -0.4 is 10.6 Å². The van der Waals surface area contributed by atoms with Crippen LogP contribution >= 0.6 is 0 Å². The van der Waals surface area contributed by atoms with E-state index in [1.165, 1.54) is 6.07 Å². The van der Waals surface area contributed by atoms with Crippen LogP contribution in [0.15, 0.2) is 36.5 Å². The first-order chi connectivity index (χ1) is 11.1. The fourth-order valence-electron chi connectivity index (χ4n) is 1.98. The highest BCUT2D eigenvalue weighted by molar-refractivity contribution is 5.92. The molecule has 1 atom stereocenters. The Balaban J connectivity index is 1.90. The van der Waals surface area contributed by atoms with Crippen LogP contribution in [0, 0.1) is 5.82 Å². The SMILES string of the molecule is CCC(C)Nc1nccc(C(=O)NCCc2ccccc2F)n1. The average Bonchev–Trinajstić information content (AvgIpc) is 2.56. The number of carbonyl (C=O) groups is 1. The van der Waals surface area contributed by atoms with Crippen molar-refractivity contribution < 1.29 is 9.18 Å². The molecule has 5 nitrogen and oxygen atoms in total. The van der Waals surface area contributed by atoms with E-state index in [2.05, 4.69) is 27.5 Å². The van der Waals surface area contributed by atoms with Crippen molar-refractivity contribution in [3.8, 4) is 0 Å². The molecule has 0 saturated heterocycles. The van der Waals surface area contributed by atoms with Gasteiger partial charge in [0.25, 0.3) is 5.91 Å². The van der Waals surface area contributed by atoms with Gasteiger partial charge in [-0.25, -0.2) is 14.4 Å². The molecule has 1 unspecified atom stereocenters. The molecule has 0 spiro atoms. The van der Waals surface area contributed by atoms with Gasteiger partial charge in [-0.15, -0.1) is 0 Å². The summed E-state index contributed by atoms with van der Waals surface area (Å²) in [5.74, 6) is -0.124. The lowest BCUT2D eigenvalue weighted by atomic mass is 10.1. The van der Waals surface area contributed by atoms with Gasteiger partial charge in [-0.05, 0) is 37.5 Å². The zero-order chi connectivity index (χ0) is 16.7. The van der Waals surface area contributed by atoms with Gasteiger partial charge in [0, 0.05) is 18.8 Å². The molecule has 1 aromatic heterocycles. The standard InChI is InChI=1S/C17H21FN4O/c1-3-12(2)21-17-20-11-9-15(22-17)16(23)19-10-8-13-6-4-5-7-14(13)18/h4-7,9,11-12H,3,8,10H2,1-2H3,(H,19,23)(H,20,21,22). The van der Waals surface area contributed by atoms with E-state index in [1.54, 1.807) is 30.5 Å². The largest absolute Gasteiger partial charge is 0.352 e. The smallest absolute Gasteiger partial charge is 0.270 e. The van der Waals surface area contributed by atoms with Gasteiger partial charge in [-0.3, -0.25) is 4.79 Å². The highest BCUT2D eigenvalue weighted by Crippen LogP contribution is 2.07. The lowest BCUT2D eigenvalue weighted by molar-refractivity contribution is 0.0949. The lowest BCUT2D eigenvalue weighted by Gasteiger charge is -2.11. The topological polar surface area (TPSA) is 66.9 Å². The second-order valence-electron chi connectivity index (χ2n) is 5.32. The van der Waals surface area contributed by atoms with E-state index >= 15 is 0 Å². The summed E-state index contributed by atoms with van der Waals surface area (Å²) in [6, 6.07) is 8.32. The Hall–Kier alpha value is -2.50. The third-order valence-corrected chi connectivity index (χ3v) is 3.51. The van der Waals surface area contributed by atoms with Crippen molar-refractivity contribution >= 4 is 11.9 Å². The molecule has 0 saturated carbocycles. The lowest BCUT2D eigenvalue weighted by Crippen LogP contribution is -2.27. The number of benzene rings is 1. The molecule has 6 heteroatoms. The van der Waals surface area contributed by atoms with Gasteiger partial charge < -0.3 is 10.6 Å². The molecular formula is C17H21FN4O. The molecule has 0 bridgehead atoms. The Bertz CT molecular complexity index is 663. The highest BCUT2D eigenvalue weighted by Gasteiger charge is 2.10. The van der Waals surface area contributed by atoms with Crippen molar-refractivity contribution in [2.24, 2.45) is 0 Å². The van der Waals surface area contributed by atoms with Gasteiger partial charge in [0.1, 0.15) is 11.5 Å². The number of nitrogens with one attached hydrogen (secondary N) is 2. The third kappa shape index (κ3) is 5.02. The van der Waals surface area contributed by atoms with E-state index < -0.39 is 0 Å². The Kier molecular flexibility index (Phi) is 6.02. The van der Waals surface area contributed by atoms with Crippen molar-refractivity contribution in [2.45, 2.75) is 32.7 Å². The van der Waals surface area contributed by atoms with Crippen molar-refractivity contribution in [1.82, 2.24) is 15.3 Å². The number of nitrogens with zero attached hydrogens (tertiary/aromatic N) is 2. The summed E-state index contributed by atoms with van der Waals surface area (Å²) >= 11 is 0. The van der Waals surface area contributed by atoms with Crippen LogP contribution in [-0.4, -0.2) is 28.5 Å². The van der Waals surface area contributed by atoms with Gasteiger partial charge >= 0.3 is 0 Å². The Morgan fingerprint density at radius 3 is 2.83 bits per heavy atom. The van der Waals surface area contributed by atoms with Crippen molar-refractivity contribution in [2.75, 3.05) is 11.9 Å². The predicted molar refractivity (Wildman–Crippen MR) is 87.8 cm³/mol. The summed E-state index contributed by atoms with van der Waals surface area (Å²) in [5.41, 5.74) is 0.869. The van der Waals surface area contributed by atoms with Gasteiger partial charge in [-0.2, -0.15) is 0 Å². The zero-order valence-corrected chi connectivity index (χ0v) is 13.3. The number of hydrogen-bond acceptors (Lipinski definition) is 4. The van der Waals surface area contributed by atoms with Gasteiger partial charge in [0.2, 0.25) is 5.95 Å². The summed E-state index contributed by atoms with van der Waals surface area (Å²) in [6.07, 6.45) is 2.91. The summed E-state index contributed by atoms with van der Waals surface area (Å²) in [6.45, 7) is 4.42. The number of hydrogen-bond donors (Lipinski definition) is 2. The first-order valence-corrected chi connectivity index (χ1v) is 7.71. The zero-order valence-electron chi connectivity index (χ0n) is 13.3. The molecule has 2 aromatic rings. The monoisotopic (exact) mass is 316 g/mol. The Morgan fingerprint density at radius 1 is 1.30 bits per heavy atom. The van der Waals surface area contributed by atoms with Gasteiger partial charge in [-0.1, -0.05) is 25.1 Å². The minimum absolute atomic E-state index is 0.231. The fourth-order valence-corrected chi connectivity index (χ4v) is 1.98. The maximum absolute atomic E-state index is 13.5. The summed E-state index contributed by atoms with van der Waals surface area (Å²) in [5, 5.41) is 5.87. The predicted octanol–water partition coefficient (Wildman–Crippen LogP) is 2.80. The second-order valence-corrected chi connectivity index (χ2v) is 5.32. The van der Waals surface area contributed by atoms with Crippen LogP contribution in [0.2, 0.25) is 0 Å². The highest BCUT2D eigenvalue weighted by atomic mass is 19.1. The van der Waals surface area contributed by atoms with Gasteiger partial charge in [0.15, 0.2) is 0 Å². The minimum atomic E-state index is -0.295. The van der Waals surface area contributed by atoms with Crippen LogP contribution in [-0.2, 0) is 6.42 Å². The molecule has 122 valence electrons. The molecule has 0 aliphatic heterocycles. The molecule has 1 aromatic carbocycles. The first-order valence-electron chi connectivity index (χ1n) is 7.71. The summed E-state index contributed by atoms with van der Waals surface area (Å²) < 4.78 is 13.5. The molecule has 23 heavy (non-hydrogen) atoms. The number of amides is 1. The molecule has 0 aliphatic rings. The van der Waals surface area contributed by atoms with E-state index in [0.29, 0.717) is 30.2 Å². The van der Waals surface area contributed by atoms with Crippen LogP contribution in [0.5, 0.6) is 0 Å². The second kappa shape index (κ2) is 8.22. The molecule has 1 amide bonds. The van der Waals surface area contributed by atoms with Crippen LogP contribution in [0.3, 0.4) is 0 Å². The maximum Gasteiger partial charge on any atom is 0.270 e. The molecule has 0 aliphatic carbocycles. The number of anilines is 1. The summed E-state index contributed by atoms with van der Waals surface area (Å²) in [7, 11) is 0. The van der Waals surface area contributed by atoms with Crippen LogP contribution in [0.25, 0.3) is 0 Å². The average molecular weight is 316 g/mol. The van der Waals surface area contributed by atoms with Crippen LogP contribution in [0.4, 0.5) is 10.3 Å². The van der Waals surface area contributed by atoms with Crippen LogP contribution in [0.1, 0.15) is 36.3 Å². The molecular weight excluding hydrogens is 295 g/mol. The number of halogens is 1. The van der Waals surface area contributed by atoms with E-state index in [1.807, 2.05) is 6.92 Å². The van der Waals surface area contributed by atoms with Crippen molar-refractivity contribution in [3.63, 3.8) is 0 Å². The fraction of sp³-hybridized carbons (Fsp3) is 0.353. The number of rotatable bonds is 7. The normalized spacial score (nSPS) is 11.8. The Labute approximate surface area is 135 Å². The van der Waals surface area contributed by atoms with E-state index in [-0.39, 0.29) is 17.8 Å². The quantitative estimate of drug-likeness (QED) is 0.824. The third-order valence-electron chi connectivity index (χ3n) is 3.51. The van der Waals surface area contributed by atoms with E-state index in [4.69, 9.17) is 0 Å². The minimum Gasteiger partial charge on any atom is -0.352 e. The Morgan fingerprint density at radius 2 is 2.09 bits per heavy atom. The number of carbonyl (C=O) groups excluding carboxylic acids is 1. The molecule has 1 heterocycles. The summed E-state index contributed by atoms with van der Waals surface area (Å²) in [4.78, 5) is 20.4. The van der Waals surface area contributed by atoms with E-state index in [0.717, 1.165) is 6.42 Å². The first kappa shape index (κ1) is 16.9. The molecule has 2 N–H and O–H groups in total. The molecule has 0 fully saturated rings. The number of aromatic nitrogens is 2.